The number of benzene rings is 2. The molecule has 4 nitrogen and oxygen atoms in total. The number of rotatable bonds is 4. The Kier molecular flexibility index (Phi) is 5.64. The fourth-order valence-electron chi connectivity index (χ4n) is 3.45. The van der Waals surface area contributed by atoms with Gasteiger partial charge in [-0.05, 0) is 30.7 Å². The average Bonchev–Trinajstić information content (AvgIpc) is 2.74. The van der Waals surface area contributed by atoms with E-state index in [1.54, 1.807) is 36.5 Å². The molecule has 1 atom stereocenters. The van der Waals surface area contributed by atoms with Gasteiger partial charge in [-0.3, -0.25) is 4.98 Å². The first-order valence-corrected chi connectivity index (χ1v) is 9.85. The van der Waals surface area contributed by atoms with Gasteiger partial charge < -0.3 is 10.4 Å². The lowest BCUT2D eigenvalue weighted by atomic mass is 9.94. The van der Waals surface area contributed by atoms with Gasteiger partial charge in [-0.25, -0.2) is 9.37 Å². The predicted molar refractivity (Wildman–Crippen MR) is 114 cm³/mol. The molecular weight excluding hydrogens is 446 g/mol. The number of nitrogens with one attached hydrogen (secondary N) is 1. The summed E-state index contributed by atoms with van der Waals surface area (Å²) in [5.74, 6) is -1.53. The molecule has 0 saturated carbocycles. The molecule has 1 unspecified atom stereocenters. The quantitative estimate of drug-likeness (QED) is 0.334. The van der Waals surface area contributed by atoms with Gasteiger partial charge in [0.15, 0.2) is 0 Å². The number of hydrogen-bond acceptors (Lipinski definition) is 4. The van der Waals surface area contributed by atoms with Gasteiger partial charge in [0.2, 0.25) is 0 Å². The van der Waals surface area contributed by atoms with E-state index >= 15 is 4.39 Å². The fraction of sp³-hybridized carbons (Fsp3) is 0.130. The Balaban J connectivity index is 1.94. The van der Waals surface area contributed by atoms with E-state index in [2.05, 4.69) is 15.3 Å². The first-order valence-electron chi connectivity index (χ1n) is 9.47. The number of aromatic nitrogens is 2. The van der Waals surface area contributed by atoms with Crippen LogP contribution in [-0.2, 0) is 6.18 Å². The third-order valence-corrected chi connectivity index (χ3v) is 5.32. The Hall–Kier alpha value is -3.39. The van der Waals surface area contributed by atoms with Crippen molar-refractivity contribution in [1.82, 2.24) is 9.97 Å². The fourth-order valence-corrected chi connectivity index (χ4v) is 3.71. The van der Waals surface area contributed by atoms with Gasteiger partial charge in [0, 0.05) is 28.9 Å². The number of anilines is 1. The van der Waals surface area contributed by atoms with E-state index in [1.165, 1.54) is 12.3 Å². The molecule has 4 rings (SSSR count). The van der Waals surface area contributed by atoms with Gasteiger partial charge in [-0.2, -0.15) is 13.2 Å². The third-order valence-electron chi connectivity index (χ3n) is 5.01. The van der Waals surface area contributed by atoms with Gasteiger partial charge in [-0.15, -0.1) is 0 Å². The van der Waals surface area contributed by atoms with Crippen molar-refractivity contribution in [3.05, 3.63) is 94.0 Å². The van der Waals surface area contributed by atoms with Crippen LogP contribution in [0.4, 0.5) is 23.4 Å². The molecule has 0 bridgehead atoms. The summed E-state index contributed by atoms with van der Waals surface area (Å²) in [6.45, 7) is 1.82. The van der Waals surface area contributed by atoms with Crippen LogP contribution in [0.25, 0.3) is 10.9 Å². The maximum atomic E-state index is 15.2. The number of nitrogens with zero attached hydrogens (tertiary/aromatic N) is 2. The minimum Gasteiger partial charge on any atom is -0.505 e. The third kappa shape index (κ3) is 4.05. The van der Waals surface area contributed by atoms with Crippen LogP contribution in [0.2, 0.25) is 5.02 Å². The van der Waals surface area contributed by atoms with Crippen LogP contribution in [-0.4, -0.2) is 15.1 Å². The molecule has 9 heteroatoms. The second-order valence-corrected chi connectivity index (χ2v) is 7.61. The Bertz CT molecular complexity index is 1290. The lowest BCUT2D eigenvalue weighted by Crippen LogP contribution is -2.18. The molecule has 0 radical (unpaired) electrons. The van der Waals surface area contributed by atoms with Crippen LogP contribution in [0.15, 0.2) is 60.9 Å². The number of halogens is 5. The number of fused-ring (bicyclic) bond motifs is 1. The zero-order valence-electron chi connectivity index (χ0n) is 16.6. The summed E-state index contributed by atoms with van der Waals surface area (Å²) in [4.78, 5) is 8.34. The zero-order valence-corrected chi connectivity index (χ0v) is 17.3. The maximum Gasteiger partial charge on any atom is 0.420 e. The minimum atomic E-state index is -5.00. The Morgan fingerprint density at radius 3 is 2.44 bits per heavy atom. The molecule has 2 N–H and O–H groups in total. The van der Waals surface area contributed by atoms with Crippen LogP contribution in [0.3, 0.4) is 0 Å². The minimum absolute atomic E-state index is 0.132. The molecule has 2 aromatic heterocycles. The summed E-state index contributed by atoms with van der Waals surface area (Å²) in [6, 6.07) is 10.8. The monoisotopic (exact) mass is 461 g/mol. The molecule has 0 aliphatic heterocycles. The van der Waals surface area contributed by atoms with Crippen molar-refractivity contribution in [2.45, 2.75) is 19.1 Å². The summed E-state index contributed by atoms with van der Waals surface area (Å²) < 4.78 is 55.7. The number of alkyl halides is 3. The topological polar surface area (TPSA) is 58.0 Å². The molecule has 2 heterocycles. The van der Waals surface area contributed by atoms with Crippen LogP contribution in [0, 0.1) is 12.7 Å². The van der Waals surface area contributed by atoms with E-state index in [-0.39, 0.29) is 28.2 Å². The molecule has 0 amide bonds. The van der Waals surface area contributed by atoms with Crippen molar-refractivity contribution in [2.75, 3.05) is 5.32 Å². The van der Waals surface area contributed by atoms with Crippen molar-refractivity contribution < 1.29 is 22.7 Å². The smallest absolute Gasteiger partial charge is 0.420 e. The maximum absolute atomic E-state index is 15.2. The van der Waals surface area contributed by atoms with Crippen molar-refractivity contribution >= 4 is 28.3 Å². The van der Waals surface area contributed by atoms with Gasteiger partial charge in [0.1, 0.15) is 28.5 Å². The Labute approximate surface area is 185 Å². The van der Waals surface area contributed by atoms with Crippen LogP contribution < -0.4 is 5.32 Å². The summed E-state index contributed by atoms with van der Waals surface area (Å²) in [5, 5.41) is 13.7. The highest BCUT2D eigenvalue weighted by atomic mass is 35.5. The molecule has 0 aliphatic rings. The Morgan fingerprint density at radius 2 is 1.75 bits per heavy atom. The number of phenolic OH excluding ortho intramolecular Hbond substituents is 1. The molecule has 32 heavy (non-hydrogen) atoms. The summed E-state index contributed by atoms with van der Waals surface area (Å²) in [7, 11) is 0. The van der Waals surface area contributed by atoms with E-state index < -0.39 is 28.6 Å². The lowest BCUT2D eigenvalue weighted by molar-refractivity contribution is -0.139. The van der Waals surface area contributed by atoms with E-state index in [0.29, 0.717) is 5.39 Å². The summed E-state index contributed by atoms with van der Waals surface area (Å²) in [6.07, 6.45) is -1.97. The van der Waals surface area contributed by atoms with Crippen LogP contribution in [0.1, 0.15) is 28.3 Å². The first-order chi connectivity index (χ1) is 15.2. The lowest BCUT2D eigenvalue weighted by Gasteiger charge is -2.24. The van der Waals surface area contributed by atoms with Crippen molar-refractivity contribution in [2.24, 2.45) is 0 Å². The predicted octanol–water partition coefficient (Wildman–Crippen LogP) is 6.66. The highest BCUT2D eigenvalue weighted by Crippen LogP contribution is 2.42. The number of aromatic hydroxyl groups is 1. The molecule has 164 valence electrons. The van der Waals surface area contributed by atoms with Gasteiger partial charge in [0.25, 0.3) is 0 Å². The van der Waals surface area contributed by atoms with Crippen LogP contribution >= 0.6 is 11.6 Å². The van der Waals surface area contributed by atoms with Crippen molar-refractivity contribution in [3.63, 3.8) is 0 Å². The normalized spacial score (nSPS) is 12.7. The van der Waals surface area contributed by atoms with Gasteiger partial charge >= 0.3 is 6.18 Å². The Morgan fingerprint density at radius 1 is 1.00 bits per heavy atom. The molecule has 0 aliphatic carbocycles. The number of hydrogen-bond donors (Lipinski definition) is 2. The van der Waals surface area contributed by atoms with Crippen LogP contribution in [0.5, 0.6) is 5.75 Å². The molecule has 2 aromatic carbocycles. The zero-order chi connectivity index (χ0) is 23.0. The highest BCUT2D eigenvalue weighted by Gasteiger charge is 2.39. The van der Waals surface area contributed by atoms with E-state index in [0.717, 1.165) is 17.7 Å². The van der Waals surface area contributed by atoms with E-state index in [4.69, 9.17) is 11.6 Å². The SMILES string of the molecule is Cc1ccc(NC(c2ccc(Cl)c(C(F)(F)F)c2F)c2ccc3cccnc3c2O)nc1. The molecule has 4 aromatic rings. The van der Waals surface area contributed by atoms with Crippen molar-refractivity contribution in [1.29, 1.82) is 0 Å². The second-order valence-electron chi connectivity index (χ2n) is 7.20. The molecule has 0 fully saturated rings. The molecule has 0 saturated heterocycles. The number of pyridine rings is 2. The van der Waals surface area contributed by atoms with Gasteiger partial charge in [0.05, 0.1) is 11.1 Å². The summed E-state index contributed by atoms with van der Waals surface area (Å²) >= 11 is 5.67. The highest BCUT2D eigenvalue weighted by molar-refractivity contribution is 6.31. The molecular formula is C23H16ClF4N3O. The average molecular weight is 462 g/mol. The summed E-state index contributed by atoms with van der Waals surface area (Å²) in [5.41, 5.74) is -0.692. The first kappa shape index (κ1) is 21.8. The van der Waals surface area contributed by atoms with Crippen molar-refractivity contribution in [3.8, 4) is 5.75 Å². The molecule has 0 spiro atoms. The standard InChI is InChI=1S/C23H16ClF4N3O/c1-12-4-9-17(30-11-12)31-21(14-7-8-16(24)18(19(14)25)23(26,27)28)15-6-5-13-3-2-10-29-20(13)22(15)32/h2-11,21,32H,1H3,(H,30,31). The van der Waals surface area contributed by atoms with E-state index in [9.17, 15) is 18.3 Å². The van der Waals surface area contributed by atoms with Gasteiger partial charge in [-0.1, -0.05) is 41.9 Å². The number of phenols is 1. The number of aryl methyl sites for hydroxylation is 1. The van der Waals surface area contributed by atoms with E-state index in [1.807, 2.05) is 6.92 Å². The second kappa shape index (κ2) is 8.27. The largest absolute Gasteiger partial charge is 0.505 e.